The van der Waals surface area contributed by atoms with E-state index in [9.17, 15) is 26.0 Å². The van der Waals surface area contributed by atoms with Gasteiger partial charge in [-0.15, -0.1) is 0 Å². The molecular weight excluding hydrogens is 408 g/mol. The maximum Gasteiger partial charge on any atom is 0.416 e. The van der Waals surface area contributed by atoms with E-state index in [2.05, 4.69) is 9.62 Å². The van der Waals surface area contributed by atoms with Crippen LogP contribution in [0, 0.1) is 12.7 Å². The van der Waals surface area contributed by atoms with Crippen molar-refractivity contribution in [2.75, 3.05) is 13.1 Å². The highest BCUT2D eigenvalue weighted by molar-refractivity contribution is 7.89. The molecule has 0 atom stereocenters. The van der Waals surface area contributed by atoms with E-state index in [1.807, 2.05) is 0 Å². The molecule has 1 fully saturated rings. The molecule has 0 unspecified atom stereocenters. The van der Waals surface area contributed by atoms with E-state index in [4.69, 9.17) is 0 Å². The molecule has 1 N–H and O–H groups in total. The molecule has 3 rings (SSSR count). The Morgan fingerprint density at radius 3 is 2.28 bits per heavy atom. The first kappa shape index (κ1) is 21.7. The number of hydrogen-bond donors (Lipinski definition) is 1. The summed E-state index contributed by atoms with van der Waals surface area (Å²) in [6.07, 6.45) is -3.53. The maximum absolute atomic E-state index is 13.1. The molecule has 0 spiro atoms. The van der Waals surface area contributed by atoms with Gasteiger partial charge in [0, 0.05) is 25.7 Å². The molecule has 29 heavy (non-hydrogen) atoms. The number of aryl methyl sites for hydroxylation is 1. The lowest BCUT2D eigenvalue weighted by Crippen LogP contribution is -2.44. The van der Waals surface area contributed by atoms with E-state index in [0.29, 0.717) is 38.5 Å². The second-order valence-corrected chi connectivity index (χ2v) is 8.99. The van der Waals surface area contributed by atoms with Gasteiger partial charge in [0.1, 0.15) is 5.82 Å². The zero-order valence-electron chi connectivity index (χ0n) is 15.8. The first-order chi connectivity index (χ1) is 13.5. The molecule has 0 bridgehead atoms. The lowest BCUT2D eigenvalue weighted by Gasteiger charge is -2.32. The molecule has 2 aromatic rings. The molecule has 0 radical (unpaired) electrons. The average molecular weight is 430 g/mol. The zero-order chi connectivity index (χ0) is 21.2. The Morgan fingerprint density at radius 2 is 1.69 bits per heavy atom. The summed E-state index contributed by atoms with van der Waals surface area (Å²) in [5.41, 5.74) is -0.00944. The molecule has 0 amide bonds. The van der Waals surface area contributed by atoms with Gasteiger partial charge in [-0.3, -0.25) is 4.90 Å². The van der Waals surface area contributed by atoms with Crippen molar-refractivity contribution in [3.63, 3.8) is 0 Å². The van der Waals surface area contributed by atoms with Crippen molar-refractivity contribution in [2.45, 2.75) is 43.4 Å². The summed E-state index contributed by atoms with van der Waals surface area (Å²) in [7, 11) is -4.05. The van der Waals surface area contributed by atoms with Gasteiger partial charge >= 0.3 is 6.18 Å². The molecule has 9 heteroatoms. The quantitative estimate of drug-likeness (QED) is 0.727. The fraction of sp³-hybridized carbons (Fsp3) is 0.400. The van der Waals surface area contributed by atoms with Gasteiger partial charge in [-0.25, -0.2) is 17.5 Å². The van der Waals surface area contributed by atoms with Crippen LogP contribution in [0.1, 0.15) is 29.5 Å². The van der Waals surface area contributed by atoms with Gasteiger partial charge in [0.2, 0.25) is 10.0 Å². The molecule has 158 valence electrons. The predicted octanol–water partition coefficient (Wildman–Crippen LogP) is 4.10. The molecule has 1 aliphatic rings. The first-order valence-electron chi connectivity index (χ1n) is 9.21. The van der Waals surface area contributed by atoms with E-state index in [1.165, 1.54) is 31.2 Å². The molecular formula is C20H22F4N2O2S. The molecule has 1 aliphatic heterocycles. The minimum atomic E-state index is -4.61. The molecule has 4 nitrogen and oxygen atoms in total. The number of alkyl halides is 3. The molecule has 0 aliphatic carbocycles. The smallest absolute Gasteiger partial charge is 0.299 e. The number of nitrogens with zero attached hydrogens (tertiary/aromatic N) is 1. The Morgan fingerprint density at radius 1 is 1.07 bits per heavy atom. The number of rotatable bonds is 5. The highest BCUT2D eigenvalue weighted by Gasteiger charge is 2.34. The van der Waals surface area contributed by atoms with Crippen LogP contribution >= 0.6 is 0 Å². The Bertz CT molecular complexity index is 951. The van der Waals surface area contributed by atoms with Crippen LogP contribution in [0.5, 0.6) is 0 Å². The number of nitrogens with one attached hydrogen (secondary N) is 1. The topological polar surface area (TPSA) is 49.4 Å². The van der Waals surface area contributed by atoms with E-state index in [0.717, 1.165) is 5.56 Å². The fourth-order valence-corrected chi connectivity index (χ4v) is 4.75. The molecule has 0 aromatic heterocycles. The normalized spacial score (nSPS) is 16.9. The van der Waals surface area contributed by atoms with Crippen molar-refractivity contribution >= 4 is 10.0 Å². The van der Waals surface area contributed by atoms with E-state index in [-0.39, 0.29) is 22.3 Å². The monoisotopic (exact) mass is 430 g/mol. The van der Waals surface area contributed by atoms with Gasteiger partial charge in [-0.05, 0) is 55.2 Å². The maximum atomic E-state index is 13.1. The van der Waals surface area contributed by atoms with Crippen LogP contribution in [-0.4, -0.2) is 32.4 Å². The zero-order valence-corrected chi connectivity index (χ0v) is 16.7. The van der Waals surface area contributed by atoms with Crippen molar-refractivity contribution in [3.05, 3.63) is 65.0 Å². The molecule has 1 saturated heterocycles. The Hall–Kier alpha value is -1.97. The third-order valence-electron chi connectivity index (χ3n) is 5.05. The summed E-state index contributed by atoms with van der Waals surface area (Å²) >= 11 is 0. The summed E-state index contributed by atoms with van der Waals surface area (Å²) < 4.78 is 79.9. The van der Waals surface area contributed by atoms with Gasteiger partial charge in [-0.2, -0.15) is 13.2 Å². The molecule has 1 heterocycles. The van der Waals surface area contributed by atoms with Crippen molar-refractivity contribution < 1.29 is 26.0 Å². The van der Waals surface area contributed by atoms with Crippen molar-refractivity contribution in [3.8, 4) is 0 Å². The number of likely N-dealkylation sites (tertiary alicyclic amines) is 1. The standard InChI is InChI=1S/C20H22F4N2O2S/c1-14-2-7-18(12-19(14)20(22,23)24)29(27,28)25-17-8-10-26(11-9-17)13-15-3-5-16(21)6-4-15/h2-7,12,17,25H,8-11,13H2,1H3. The van der Waals surface area contributed by atoms with Gasteiger partial charge in [0.15, 0.2) is 0 Å². The van der Waals surface area contributed by atoms with Crippen LogP contribution in [0.25, 0.3) is 0 Å². The van der Waals surface area contributed by atoms with Gasteiger partial charge < -0.3 is 0 Å². The summed E-state index contributed by atoms with van der Waals surface area (Å²) in [4.78, 5) is 1.75. The summed E-state index contributed by atoms with van der Waals surface area (Å²) in [5, 5.41) is 0. The van der Waals surface area contributed by atoms with E-state index >= 15 is 0 Å². The van der Waals surface area contributed by atoms with Crippen LogP contribution in [0.15, 0.2) is 47.4 Å². The third kappa shape index (κ3) is 5.55. The first-order valence-corrected chi connectivity index (χ1v) is 10.7. The minimum Gasteiger partial charge on any atom is -0.299 e. The summed E-state index contributed by atoms with van der Waals surface area (Å²) in [6, 6.07) is 8.90. The van der Waals surface area contributed by atoms with Gasteiger partial charge in [0.05, 0.1) is 10.5 Å². The van der Waals surface area contributed by atoms with Gasteiger partial charge in [-0.1, -0.05) is 18.2 Å². The SMILES string of the molecule is Cc1ccc(S(=O)(=O)NC2CCN(Cc3ccc(F)cc3)CC2)cc1C(F)(F)F. The summed E-state index contributed by atoms with van der Waals surface area (Å²) in [6.45, 7) is 3.19. The molecule has 2 aromatic carbocycles. The number of halogens is 4. The van der Waals surface area contributed by atoms with E-state index in [1.54, 1.807) is 12.1 Å². The number of benzene rings is 2. The van der Waals surface area contributed by atoms with Crippen LogP contribution in [0.4, 0.5) is 17.6 Å². The molecule has 0 saturated carbocycles. The highest BCUT2D eigenvalue weighted by atomic mass is 32.2. The van der Waals surface area contributed by atoms with Crippen LogP contribution < -0.4 is 4.72 Å². The largest absolute Gasteiger partial charge is 0.416 e. The second kappa shape index (κ2) is 8.41. The lowest BCUT2D eigenvalue weighted by atomic mass is 10.1. The van der Waals surface area contributed by atoms with Crippen molar-refractivity contribution in [2.24, 2.45) is 0 Å². The summed E-state index contributed by atoms with van der Waals surface area (Å²) in [5.74, 6) is -0.299. The average Bonchev–Trinajstić information content (AvgIpc) is 2.64. The highest BCUT2D eigenvalue weighted by Crippen LogP contribution is 2.33. The third-order valence-corrected chi connectivity index (χ3v) is 6.57. The van der Waals surface area contributed by atoms with E-state index < -0.39 is 21.8 Å². The van der Waals surface area contributed by atoms with Crippen molar-refractivity contribution in [1.29, 1.82) is 0 Å². The number of piperidine rings is 1. The van der Waals surface area contributed by atoms with Crippen molar-refractivity contribution in [1.82, 2.24) is 9.62 Å². The Labute approximate surface area is 167 Å². The number of hydrogen-bond acceptors (Lipinski definition) is 3. The lowest BCUT2D eigenvalue weighted by molar-refractivity contribution is -0.138. The predicted molar refractivity (Wildman–Crippen MR) is 101 cm³/mol. The second-order valence-electron chi connectivity index (χ2n) is 7.27. The Kier molecular flexibility index (Phi) is 6.30. The van der Waals surface area contributed by atoms with Crippen LogP contribution in [-0.2, 0) is 22.7 Å². The number of sulfonamides is 1. The van der Waals surface area contributed by atoms with Crippen LogP contribution in [0.3, 0.4) is 0 Å². The van der Waals surface area contributed by atoms with Crippen LogP contribution in [0.2, 0.25) is 0 Å². The minimum absolute atomic E-state index is 0.0226. The Balaban J connectivity index is 1.61. The van der Waals surface area contributed by atoms with Gasteiger partial charge in [0.25, 0.3) is 0 Å². The fourth-order valence-electron chi connectivity index (χ4n) is 3.42.